The Kier molecular flexibility index (Phi) is 3.31. The van der Waals surface area contributed by atoms with Crippen LogP contribution < -0.4 is 5.32 Å². The van der Waals surface area contributed by atoms with Crippen LogP contribution in [0.15, 0.2) is 18.2 Å². The summed E-state index contributed by atoms with van der Waals surface area (Å²) in [4.78, 5) is 14.1. The summed E-state index contributed by atoms with van der Waals surface area (Å²) in [5.41, 5.74) is 0.706. The number of para-hydroxylation sites is 1. The van der Waals surface area contributed by atoms with E-state index in [1.54, 1.807) is 19.2 Å². The number of amides is 1. The molecule has 1 N–H and O–H groups in total. The van der Waals surface area contributed by atoms with E-state index in [2.05, 4.69) is 5.32 Å². The van der Waals surface area contributed by atoms with Gasteiger partial charge in [-0.1, -0.05) is 6.07 Å². The highest BCUT2D eigenvalue weighted by atomic mass is 19.1. The van der Waals surface area contributed by atoms with E-state index in [1.165, 1.54) is 6.07 Å². The van der Waals surface area contributed by atoms with Crippen molar-refractivity contribution in [3.8, 4) is 0 Å². The van der Waals surface area contributed by atoms with Crippen molar-refractivity contribution in [1.29, 1.82) is 0 Å². The van der Waals surface area contributed by atoms with Crippen molar-refractivity contribution in [3.05, 3.63) is 29.6 Å². The van der Waals surface area contributed by atoms with E-state index in [4.69, 9.17) is 0 Å². The zero-order valence-electron chi connectivity index (χ0n) is 10.2. The summed E-state index contributed by atoms with van der Waals surface area (Å²) in [7, 11) is 1.63. The van der Waals surface area contributed by atoms with Gasteiger partial charge >= 0.3 is 0 Å². The molecule has 0 spiro atoms. The fourth-order valence-corrected chi connectivity index (χ4v) is 2.35. The summed E-state index contributed by atoms with van der Waals surface area (Å²) in [5, 5.41) is 2.76. The SMILES string of the molecule is CNc1c(F)cccc1C(=O)N1CCCC1C. The molecule has 1 aromatic carbocycles. The topological polar surface area (TPSA) is 32.3 Å². The van der Waals surface area contributed by atoms with E-state index in [-0.39, 0.29) is 23.5 Å². The summed E-state index contributed by atoms with van der Waals surface area (Å²) in [6.07, 6.45) is 2.05. The molecule has 0 aromatic heterocycles. The highest BCUT2D eigenvalue weighted by molar-refractivity contribution is 6.00. The maximum Gasteiger partial charge on any atom is 0.256 e. The molecule has 0 saturated carbocycles. The molecule has 0 aliphatic carbocycles. The van der Waals surface area contributed by atoms with Crippen molar-refractivity contribution in [2.24, 2.45) is 0 Å². The molecule has 3 nitrogen and oxygen atoms in total. The molecule has 1 saturated heterocycles. The Balaban J connectivity index is 2.33. The molecule has 1 unspecified atom stereocenters. The number of nitrogens with zero attached hydrogens (tertiary/aromatic N) is 1. The van der Waals surface area contributed by atoms with Gasteiger partial charge < -0.3 is 10.2 Å². The molecular formula is C13H17FN2O. The van der Waals surface area contributed by atoms with Crippen molar-refractivity contribution in [3.63, 3.8) is 0 Å². The number of halogens is 1. The summed E-state index contributed by atoms with van der Waals surface area (Å²) >= 11 is 0. The molecule has 0 radical (unpaired) electrons. The highest BCUT2D eigenvalue weighted by Crippen LogP contribution is 2.25. The third-order valence-electron chi connectivity index (χ3n) is 3.31. The molecule has 4 heteroatoms. The Hall–Kier alpha value is -1.58. The van der Waals surface area contributed by atoms with Crippen LogP contribution in [0.4, 0.5) is 10.1 Å². The average Bonchev–Trinajstić information content (AvgIpc) is 2.74. The predicted octanol–water partition coefficient (Wildman–Crippen LogP) is 2.49. The largest absolute Gasteiger partial charge is 0.385 e. The maximum atomic E-state index is 13.6. The second kappa shape index (κ2) is 4.73. The Morgan fingerprint density at radius 2 is 2.29 bits per heavy atom. The summed E-state index contributed by atoms with van der Waals surface area (Å²) in [6, 6.07) is 4.85. The number of hydrogen-bond acceptors (Lipinski definition) is 2. The average molecular weight is 236 g/mol. The second-order valence-corrected chi connectivity index (χ2v) is 4.40. The van der Waals surface area contributed by atoms with Gasteiger partial charge in [0.25, 0.3) is 5.91 Å². The van der Waals surface area contributed by atoms with E-state index in [0.29, 0.717) is 5.56 Å². The number of benzene rings is 1. The summed E-state index contributed by atoms with van der Waals surface area (Å²) < 4.78 is 13.6. The van der Waals surface area contributed by atoms with E-state index in [1.807, 2.05) is 11.8 Å². The molecule has 0 bridgehead atoms. The Morgan fingerprint density at radius 1 is 1.53 bits per heavy atom. The second-order valence-electron chi connectivity index (χ2n) is 4.40. The van der Waals surface area contributed by atoms with Gasteiger partial charge in [0.05, 0.1) is 11.3 Å². The van der Waals surface area contributed by atoms with E-state index < -0.39 is 0 Å². The minimum absolute atomic E-state index is 0.0844. The zero-order valence-corrected chi connectivity index (χ0v) is 10.2. The number of hydrogen-bond donors (Lipinski definition) is 1. The number of likely N-dealkylation sites (tertiary alicyclic amines) is 1. The molecule has 1 amide bonds. The van der Waals surface area contributed by atoms with Crippen LogP contribution in [0.1, 0.15) is 30.1 Å². The lowest BCUT2D eigenvalue weighted by molar-refractivity contribution is 0.0748. The predicted molar refractivity (Wildman–Crippen MR) is 65.7 cm³/mol. The molecule has 1 fully saturated rings. The van der Waals surface area contributed by atoms with Gasteiger partial charge in [0, 0.05) is 19.6 Å². The van der Waals surface area contributed by atoms with Gasteiger partial charge in [0.15, 0.2) is 0 Å². The van der Waals surface area contributed by atoms with Crippen LogP contribution in [-0.4, -0.2) is 30.4 Å². The molecule has 1 aromatic rings. The van der Waals surface area contributed by atoms with E-state index in [9.17, 15) is 9.18 Å². The van der Waals surface area contributed by atoms with Gasteiger partial charge in [-0.15, -0.1) is 0 Å². The molecular weight excluding hydrogens is 219 g/mol. The van der Waals surface area contributed by atoms with Crippen molar-refractivity contribution >= 4 is 11.6 Å². The van der Waals surface area contributed by atoms with Crippen LogP contribution in [0.25, 0.3) is 0 Å². The van der Waals surface area contributed by atoms with Gasteiger partial charge in [-0.05, 0) is 31.9 Å². The van der Waals surface area contributed by atoms with Crippen LogP contribution in [0.3, 0.4) is 0 Å². The standard InChI is InChI=1S/C13H17FN2O/c1-9-5-4-8-16(9)13(17)10-6-3-7-11(14)12(10)15-2/h3,6-7,9,15H,4-5,8H2,1-2H3. The van der Waals surface area contributed by atoms with Gasteiger partial charge in [-0.2, -0.15) is 0 Å². The smallest absolute Gasteiger partial charge is 0.256 e. The van der Waals surface area contributed by atoms with Gasteiger partial charge in [-0.3, -0.25) is 4.79 Å². The van der Waals surface area contributed by atoms with Crippen LogP contribution >= 0.6 is 0 Å². The van der Waals surface area contributed by atoms with Crippen LogP contribution in [0.2, 0.25) is 0 Å². The number of rotatable bonds is 2. The van der Waals surface area contributed by atoms with Gasteiger partial charge in [0.2, 0.25) is 0 Å². The first-order valence-electron chi connectivity index (χ1n) is 5.92. The number of carbonyl (C=O) groups is 1. The third-order valence-corrected chi connectivity index (χ3v) is 3.31. The zero-order chi connectivity index (χ0) is 12.4. The fraction of sp³-hybridized carbons (Fsp3) is 0.462. The lowest BCUT2D eigenvalue weighted by Crippen LogP contribution is -2.34. The molecule has 1 aliphatic heterocycles. The molecule has 1 aliphatic rings. The number of nitrogens with one attached hydrogen (secondary N) is 1. The third kappa shape index (κ3) is 2.12. The molecule has 92 valence electrons. The van der Waals surface area contributed by atoms with Gasteiger partial charge in [0.1, 0.15) is 5.82 Å². The lowest BCUT2D eigenvalue weighted by Gasteiger charge is -2.22. The Bertz CT molecular complexity index is 433. The minimum Gasteiger partial charge on any atom is -0.385 e. The Labute approximate surface area is 101 Å². The maximum absolute atomic E-state index is 13.6. The molecule has 17 heavy (non-hydrogen) atoms. The number of carbonyl (C=O) groups excluding carboxylic acids is 1. The first kappa shape index (κ1) is 11.9. The van der Waals surface area contributed by atoms with Crippen molar-refractivity contribution in [2.75, 3.05) is 18.9 Å². The van der Waals surface area contributed by atoms with Crippen molar-refractivity contribution in [1.82, 2.24) is 4.90 Å². The number of anilines is 1. The Morgan fingerprint density at radius 3 is 2.88 bits per heavy atom. The van der Waals surface area contributed by atoms with E-state index in [0.717, 1.165) is 19.4 Å². The minimum atomic E-state index is -0.384. The monoisotopic (exact) mass is 236 g/mol. The van der Waals surface area contributed by atoms with Crippen molar-refractivity contribution < 1.29 is 9.18 Å². The normalized spacial score (nSPS) is 19.5. The summed E-state index contributed by atoms with van der Waals surface area (Å²) in [6.45, 7) is 2.79. The quantitative estimate of drug-likeness (QED) is 0.855. The fourth-order valence-electron chi connectivity index (χ4n) is 2.35. The molecule has 1 atom stereocenters. The lowest BCUT2D eigenvalue weighted by atomic mass is 10.1. The van der Waals surface area contributed by atoms with Crippen LogP contribution in [0, 0.1) is 5.82 Å². The van der Waals surface area contributed by atoms with Crippen molar-refractivity contribution in [2.45, 2.75) is 25.8 Å². The highest BCUT2D eigenvalue weighted by Gasteiger charge is 2.27. The van der Waals surface area contributed by atoms with Gasteiger partial charge in [-0.25, -0.2) is 4.39 Å². The van der Waals surface area contributed by atoms with E-state index >= 15 is 0 Å². The first-order chi connectivity index (χ1) is 8.15. The first-order valence-corrected chi connectivity index (χ1v) is 5.92. The van der Waals surface area contributed by atoms with Crippen LogP contribution in [0.5, 0.6) is 0 Å². The summed E-state index contributed by atoms with van der Waals surface area (Å²) in [5.74, 6) is -0.468. The molecule has 1 heterocycles. The van der Waals surface area contributed by atoms with Crippen LogP contribution in [-0.2, 0) is 0 Å². The molecule has 2 rings (SSSR count).